The SMILES string of the molecule is Cc1cccc(C(=O)N2CCCN2C(=O)Cc2ccc3c(c2)OCO3)n1. The Bertz CT molecular complexity index is 868. The molecule has 0 bridgehead atoms. The van der Waals surface area contributed by atoms with Crippen LogP contribution in [-0.2, 0) is 11.2 Å². The topological polar surface area (TPSA) is 72.0 Å². The van der Waals surface area contributed by atoms with E-state index in [1.807, 2.05) is 25.1 Å². The lowest BCUT2D eigenvalue weighted by atomic mass is 10.1. The fraction of sp³-hybridized carbons (Fsp3) is 0.316. The number of amides is 2. The molecule has 1 aromatic heterocycles. The number of benzene rings is 1. The van der Waals surface area contributed by atoms with E-state index < -0.39 is 0 Å². The Balaban J connectivity index is 1.49. The zero-order valence-electron chi connectivity index (χ0n) is 14.5. The summed E-state index contributed by atoms with van der Waals surface area (Å²) in [5.41, 5.74) is 1.95. The van der Waals surface area contributed by atoms with E-state index in [0.29, 0.717) is 30.3 Å². The van der Waals surface area contributed by atoms with Crippen LogP contribution in [0.15, 0.2) is 36.4 Å². The van der Waals surface area contributed by atoms with Gasteiger partial charge in [-0.2, -0.15) is 0 Å². The van der Waals surface area contributed by atoms with Crippen LogP contribution >= 0.6 is 0 Å². The monoisotopic (exact) mass is 353 g/mol. The lowest BCUT2D eigenvalue weighted by Gasteiger charge is -2.27. The molecule has 1 saturated heterocycles. The number of hydrogen-bond acceptors (Lipinski definition) is 5. The molecule has 0 aliphatic carbocycles. The number of aromatic nitrogens is 1. The minimum absolute atomic E-state index is 0.123. The molecular formula is C19H19N3O4. The summed E-state index contributed by atoms with van der Waals surface area (Å²) in [7, 11) is 0. The number of carbonyl (C=O) groups excluding carboxylic acids is 2. The fourth-order valence-corrected chi connectivity index (χ4v) is 3.19. The van der Waals surface area contributed by atoms with Crippen molar-refractivity contribution in [3.05, 3.63) is 53.3 Å². The van der Waals surface area contributed by atoms with Gasteiger partial charge in [0.2, 0.25) is 12.7 Å². The largest absolute Gasteiger partial charge is 0.454 e. The molecule has 1 aromatic carbocycles. The summed E-state index contributed by atoms with van der Waals surface area (Å²) >= 11 is 0. The van der Waals surface area contributed by atoms with Gasteiger partial charge >= 0.3 is 0 Å². The fourth-order valence-electron chi connectivity index (χ4n) is 3.19. The number of pyridine rings is 1. The first-order valence-corrected chi connectivity index (χ1v) is 8.56. The van der Waals surface area contributed by atoms with Crippen molar-refractivity contribution in [2.75, 3.05) is 19.9 Å². The molecule has 3 heterocycles. The van der Waals surface area contributed by atoms with Crippen LogP contribution in [0.5, 0.6) is 11.5 Å². The predicted octanol–water partition coefficient (Wildman–Crippen LogP) is 1.95. The van der Waals surface area contributed by atoms with Crippen LogP contribution < -0.4 is 9.47 Å². The zero-order chi connectivity index (χ0) is 18.1. The van der Waals surface area contributed by atoms with E-state index in [4.69, 9.17) is 9.47 Å². The highest BCUT2D eigenvalue weighted by Gasteiger charge is 2.32. The molecule has 26 heavy (non-hydrogen) atoms. The number of hydrazine groups is 1. The molecular weight excluding hydrogens is 334 g/mol. The van der Waals surface area contributed by atoms with Crippen molar-refractivity contribution >= 4 is 11.8 Å². The summed E-state index contributed by atoms with van der Waals surface area (Å²) in [6, 6.07) is 10.8. The standard InChI is InChI=1S/C19H19N3O4/c1-13-4-2-5-15(20-13)19(24)22-9-3-8-21(22)18(23)11-14-6-7-16-17(10-14)26-12-25-16/h2,4-7,10H,3,8-9,11-12H2,1H3. The number of carbonyl (C=O) groups is 2. The summed E-state index contributed by atoms with van der Waals surface area (Å²) in [5.74, 6) is 0.964. The van der Waals surface area contributed by atoms with Gasteiger partial charge in [0, 0.05) is 18.8 Å². The first kappa shape index (κ1) is 16.4. The molecule has 4 rings (SSSR count). The van der Waals surface area contributed by atoms with Gasteiger partial charge in [0.1, 0.15) is 5.69 Å². The molecule has 134 valence electrons. The van der Waals surface area contributed by atoms with Crippen molar-refractivity contribution in [3.63, 3.8) is 0 Å². The lowest BCUT2D eigenvalue weighted by molar-refractivity contribution is -0.139. The summed E-state index contributed by atoms with van der Waals surface area (Å²) in [4.78, 5) is 29.8. The molecule has 2 aliphatic rings. The third-order valence-corrected chi connectivity index (χ3v) is 4.45. The van der Waals surface area contributed by atoms with Gasteiger partial charge in [0.05, 0.1) is 6.42 Å². The van der Waals surface area contributed by atoms with Crippen molar-refractivity contribution in [2.45, 2.75) is 19.8 Å². The smallest absolute Gasteiger partial charge is 0.291 e. The van der Waals surface area contributed by atoms with Gasteiger partial charge in [-0.15, -0.1) is 0 Å². The molecule has 0 saturated carbocycles. The number of aryl methyl sites for hydroxylation is 1. The molecule has 7 nitrogen and oxygen atoms in total. The molecule has 7 heteroatoms. The number of rotatable bonds is 3. The van der Waals surface area contributed by atoms with Crippen LogP contribution in [-0.4, -0.2) is 46.7 Å². The Hall–Kier alpha value is -3.09. The van der Waals surface area contributed by atoms with Gasteiger partial charge in [-0.1, -0.05) is 12.1 Å². The quantitative estimate of drug-likeness (QED) is 0.843. The molecule has 2 aromatic rings. The minimum Gasteiger partial charge on any atom is -0.454 e. The van der Waals surface area contributed by atoms with Gasteiger partial charge in [0.25, 0.3) is 5.91 Å². The van der Waals surface area contributed by atoms with E-state index in [2.05, 4.69) is 4.98 Å². The summed E-state index contributed by atoms with van der Waals surface area (Å²) in [6.45, 7) is 3.08. The molecule has 0 spiro atoms. The molecule has 0 radical (unpaired) electrons. The van der Waals surface area contributed by atoms with Crippen LogP contribution in [0.4, 0.5) is 0 Å². The maximum Gasteiger partial charge on any atom is 0.291 e. The Morgan fingerprint density at radius 1 is 1.08 bits per heavy atom. The molecule has 0 atom stereocenters. The van der Waals surface area contributed by atoms with Crippen molar-refractivity contribution in [1.82, 2.24) is 15.0 Å². The van der Waals surface area contributed by atoms with Gasteiger partial charge in [0.15, 0.2) is 11.5 Å². The summed E-state index contributed by atoms with van der Waals surface area (Å²) in [6.07, 6.45) is 0.950. The van der Waals surface area contributed by atoms with Crippen LogP contribution in [0.2, 0.25) is 0 Å². The number of hydrogen-bond donors (Lipinski definition) is 0. The average Bonchev–Trinajstić information content (AvgIpc) is 3.30. The minimum atomic E-state index is -0.245. The highest BCUT2D eigenvalue weighted by atomic mass is 16.7. The number of fused-ring (bicyclic) bond motifs is 1. The van der Waals surface area contributed by atoms with Crippen LogP contribution in [0.25, 0.3) is 0 Å². The molecule has 0 unspecified atom stereocenters. The van der Waals surface area contributed by atoms with E-state index in [1.54, 1.807) is 18.2 Å². The van der Waals surface area contributed by atoms with Gasteiger partial charge in [-0.05, 0) is 43.2 Å². The van der Waals surface area contributed by atoms with Crippen molar-refractivity contribution in [3.8, 4) is 11.5 Å². The van der Waals surface area contributed by atoms with Gasteiger partial charge in [-0.3, -0.25) is 14.6 Å². The van der Waals surface area contributed by atoms with Crippen LogP contribution in [0, 0.1) is 6.92 Å². The van der Waals surface area contributed by atoms with Crippen molar-refractivity contribution in [1.29, 1.82) is 0 Å². The number of nitrogens with zero attached hydrogens (tertiary/aromatic N) is 3. The Morgan fingerprint density at radius 2 is 1.88 bits per heavy atom. The van der Waals surface area contributed by atoms with E-state index in [9.17, 15) is 9.59 Å². The van der Waals surface area contributed by atoms with E-state index >= 15 is 0 Å². The second-order valence-electron chi connectivity index (χ2n) is 6.33. The highest BCUT2D eigenvalue weighted by Crippen LogP contribution is 2.32. The van der Waals surface area contributed by atoms with Gasteiger partial charge in [-0.25, -0.2) is 9.99 Å². The molecule has 2 amide bonds. The van der Waals surface area contributed by atoms with Crippen molar-refractivity contribution in [2.24, 2.45) is 0 Å². The summed E-state index contributed by atoms with van der Waals surface area (Å²) < 4.78 is 10.6. The lowest BCUT2D eigenvalue weighted by Crippen LogP contribution is -2.45. The Morgan fingerprint density at radius 3 is 2.73 bits per heavy atom. The third-order valence-electron chi connectivity index (χ3n) is 4.45. The normalized spacial score (nSPS) is 15.4. The summed E-state index contributed by atoms with van der Waals surface area (Å²) in [5, 5.41) is 3.02. The first-order chi connectivity index (χ1) is 12.6. The highest BCUT2D eigenvalue weighted by molar-refractivity contribution is 5.94. The first-order valence-electron chi connectivity index (χ1n) is 8.56. The maximum atomic E-state index is 12.8. The van der Waals surface area contributed by atoms with Crippen molar-refractivity contribution < 1.29 is 19.1 Å². The van der Waals surface area contributed by atoms with Crippen LogP contribution in [0.1, 0.15) is 28.2 Å². The average molecular weight is 353 g/mol. The van der Waals surface area contributed by atoms with E-state index in [0.717, 1.165) is 17.7 Å². The van der Waals surface area contributed by atoms with E-state index in [1.165, 1.54) is 10.0 Å². The Kier molecular flexibility index (Phi) is 4.20. The second-order valence-corrected chi connectivity index (χ2v) is 6.33. The number of ether oxygens (including phenoxy) is 2. The molecule has 0 N–H and O–H groups in total. The zero-order valence-corrected chi connectivity index (χ0v) is 14.5. The Labute approximate surface area is 151 Å². The third kappa shape index (κ3) is 3.08. The van der Waals surface area contributed by atoms with E-state index in [-0.39, 0.29) is 25.0 Å². The van der Waals surface area contributed by atoms with Gasteiger partial charge < -0.3 is 9.47 Å². The van der Waals surface area contributed by atoms with Crippen LogP contribution in [0.3, 0.4) is 0 Å². The maximum absolute atomic E-state index is 12.8. The second kappa shape index (κ2) is 6.67. The predicted molar refractivity (Wildman–Crippen MR) is 92.6 cm³/mol. The molecule has 2 aliphatic heterocycles. The molecule has 1 fully saturated rings.